The van der Waals surface area contributed by atoms with E-state index in [1.54, 1.807) is 0 Å². The van der Waals surface area contributed by atoms with Crippen molar-refractivity contribution in [3.8, 4) is 0 Å². The van der Waals surface area contributed by atoms with Crippen LogP contribution in [0.4, 0.5) is 5.69 Å². The Labute approximate surface area is 117 Å². The fraction of sp³-hybridized carbons (Fsp3) is 0.571. The van der Waals surface area contributed by atoms with Gasteiger partial charge in [0.2, 0.25) is 0 Å². The number of benzene rings is 1. The van der Waals surface area contributed by atoms with Crippen molar-refractivity contribution in [2.45, 2.75) is 39.0 Å². The van der Waals surface area contributed by atoms with Crippen molar-refractivity contribution in [2.24, 2.45) is 5.73 Å². The Morgan fingerprint density at radius 3 is 2.83 bits per heavy atom. The molecular formula is C14H21BrN2O. The largest absolute Gasteiger partial charge is 0.375 e. The Balaban J connectivity index is 2.38. The second kappa shape index (κ2) is 5.59. The molecule has 2 rings (SSSR count). The normalized spacial score (nSPS) is 26.2. The van der Waals surface area contributed by atoms with Crippen molar-refractivity contribution < 1.29 is 4.74 Å². The molecule has 0 radical (unpaired) electrons. The fourth-order valence-electron chi connectivity index (χ4n) is 2.39. The van der Waals surface area contributed by atoms with Crippen LogP contribution in [0.1, 0.15) is 32.4 Å². The van der Waals surface area contributed by atoms with Gasteiger partial charge < -0.3 is 15.4 Å². The number of ether oxygens (including phenoxy) is 1. The van der Waals surface area contributed by atoms with E-state index in [0.29, 0.717) is 6.04 Å². The molecule has 0 spiro atoms. The van der Waals surface area contributed by atoms with Gasteiger partial charge in [0, 0.05) is 28.8 Å². The molecule has 1 heterocycles. The van der Waals surface area contributed by atoms with Gasteiger partial charge >= 0.3 is 0 Å². The highest BCUT2D eigenvalue weighted by Crippen LogP contribution is 2.31. The summed E-state index contributed by atoms with van der Waals surface area (Å²) in [6.07, 6.45) is 0.265. The lowest BCUT2D eigenvalue weighted by atomic mass is 10.0. The Bertz CT molecular complexity index is 422. The molecule has 0 saturated carbocycles. The van der Waals surface area contributed by atoms with Crippen LogP contribution in [-0.2, 0) is 4.74 Å². The molecule has 4 heteroatoms. The number of halogens is 1. The summed E-state index contributed by atoms with van der Waals surface area (Å²) in [5.41, 5.74) is 8.50. The monoisotopic (exact) mass is 312 g/mol. The molecule has 0 amide bonds. The van der Waals surface area contributed by atoms with E-state index in [9.17, 15) is 0 Å². The van der Waals surface area contributed by atoms with Gasteiger partial charge in [-0.25, -0.2) is 0 Å². The van der Waals surface area contributed by atoms with Crippen LogP contribution in [0, 0.1) is 0 Å². The first kappa shape index (κ1) is 13.8. The molecule has 3 nitrogen and oxygen atoms in total. The second-order valence-electron chi connectivity index (χ2n) is 5.14. The lowest BCUT2D eigenvalue weighted by molar-refractivity contribution is 0.0343. The molecule has 2 N–H and O–H groups in total. The van der Waals surface area contributed by atoms with Gasteiger partial charge in [0.15, 0.2) is 0 Å². The lowest BCUT2D eigenvalue weighted by Gasteiger charge is -2.40. The Kier molecular flexibility index (Phi) is 4.30. The summed E-state index contributed by atoms with van der Waals surface area (Å²) in [5, 5.41) is 0. The molecule has 1 fully saturated rings. The van der Waals surface area contributed by atoms with Gasteiger partial charge in [0.25, 0.3) is 0 Å². The van der Waals surface area contributed by atoms with Gasteiger partial charge in [-0.1, -0.05) is 22.0 Å². The number of anilines is 1. The van der Waals surface area contributed by atoms with Gasteiger partial charge in [-0.3, -0.25) is 0 Å². The first-order chi connectivity index (χ1) is 8.49. The Hall–Kier alpha value is -0.580. The van der Waals surface area contributed by atoms with E-state index in [4.69, 9.17) is 10.5 Å². The third-order valence-electron chi connectivity index (χ3n) is 3.40. The summed E-state index contributed by atoms with van der Waals surface area (Å²) in [7, 11) is 0. The highest BCUT2D eigenvalue weighted by molar-refractivity contribution is 9.10. The highest BCUT2D eigenvalue weighted by atomic mass is 79.9. The minimum atomic E-state index is 0.0402. The SMILES string of the molecule is CC1CN(c2cc(Br)ccc2C(C)N)C(C)CO1. The quantitative estimate of drug-likeness (QED) is 0.912. The minimum Gasteiger partial charge on any atom is -0.375 e. The molecule has 1 saturated heterocycles. The Morgan fingerprint density at radius 2 is 2.17 bits per heavy atom. The maximum Gasteiger partial charge on any atom is 0.0723 e. The van der Waals surface area contributed by atoms with Crippen molar-refractivity contribution in [1.29, 1.82) is 0 Å². The summed E-state index contributed by atoms with van der Waals surface area (Å²) >= 11 is 3.55. The third-order valence-corrected chi connectivity index (χ3v) is 3.89. The van der Waals surface area contributed by atoms with E-state index in [1.165, 1.54) is 11.3 Å². The maximum atomic E-state index is 6.08. The average Bonchev–Trinajstić information content (AvgIpc) is 2.31. The molecule has 1 aromatic rings. The predicted molar refractivity (Wildman–Crippen MR) is 79.0 cm³/mol. The van der Waals surface area contributed by atoms with Gasteiger partial charge in [0.05, 0.1) is 12.7 Å². The standard InChI is InChI=1S/C14H21BrN2O/c1-9-8-18-10(2)7-17(9)14-6-12(15)4-5-13(14)11(3)16/h4-6,9-11H,7-8,16H2,1-3H3. The number of rotatable bonds is 2. The van der Waals surface area contributed by atoms with Crippen LogP contribution in [0.2, 0.25) is 0 Å². The van der Waals surface area contributed by atoms with Crippen molar-refractivity contribution in [2.75, 3.05) is 18.1 Å². The molecule has 3 unspecified atom stereocenters. The molecule has 100 valence electrons. The van der Waals surface area contributed by atoms with Crippen molar-refractivity contribution in [3.63, 3.8) is 0 Å². The summed E-state index contributed by atoms with van der Waals surface area (Å²) < 4.78 is 6.78. The molecule has 0 aliphatic carbocycles. The second-order valence-corrected chi connectivity index (χ2v) is 6.05. The number of hydrogen-bond donors (Lipinski definition) is 1. The summed E-state index contributed by atoms with van der Waals surface area (Å²) in [6.45, 7) is 8.02. The van der Waals surface area contributed by atoms with E-state index >= 15 is 0 Å². The van der Waals surface area contributed by atoms with Crippen LogP contribution in [0.5, 0.6) is 0 Å². The van der Waals surface area contributed by atoms with Crippen LogP contribution in [-0.4, -0.2) is 25.3 Å². The molecule has 1 aliphatic rings. The van der Waals surface area contributed by atoms with Gasteiger partial charge in [0.1, 0.15) is 0 Å². The number of hydrogen-bond acceptors (Lipinski definition) is 3. The van der Waals surface area contributed by atoms with E-state index in [2.05, 4.69) is 52.9 Å². The zero-order valence-electron chi connectivity index (χ0n) is 11.2. The lowest BCUT2D eigenvalue weighted by Crippen LogP contribution is -2.48. The zero-order chi connectivity index (χ0) is 13.3. The van der Waals surface area contributed by atoms with Crippen LogP contribution in [0.25, 0.3) is 0 Å². The highest BCUT2D eigenvalue weighted by Gasteiger charge is 2.26. The van der Waals surface area contributed by atoms with Gasteiger partial charge in [-0.05, 0) is 38.5 Å². The molecule has 0 aromatic heterocycles. The summed E-state index contributed by atoms with van der Waals surface area (Å²) in [4.78, 5) is 2.40. The van der Waals surface area contributed by atoms with E-state index in [-0.39, 0.29) is 12.1 Å². The van der Waals surface area contributed by atoms with Gasteiger partial charge in [-0.15, -0.1) is 0 Å². The topological polar surface area (TPSA) is 38.5 Å². The molecular weight excluding hydrogens is 292 g/mol. The van der Waals surface area contributed by atoms with Crippen molar-refractivity contribution in [1.82, 2.24) is 0 Å². The maximum absolute atomic E-state index is 6.08. The molecule has 1 aliphatic heterocycles. The number of nitrogens with two attached hydrogens (primary N) is 1. The molecule has 18 heavy (non-hydrogen) atoms. The van der Waals surface area contributed by atoms with Crippen molar-refractivity contribution >= 4 is 21.6 Å². The first-order valence-corrected chi connectivity index (χ1v) is 7.21. The van der Waals surface area contributed by atoms with Crippen LogP contribution < -0.4 is 10.6 Å². The Morgan fingerprint density at radius 1 is 1.44 bits per heavy atom. The molecule has 0 bridgehead atoms. The van der Waals surface area contributed by atoms with E-state index < -0.39 is 0 Å². The predicted octanol–water partition coefficient (Wildman–Crippen LogP) is 3.08. The number of morpholine rings is 1. The van der Waals surface area contributed by atoms with Crippen molar-refractivity contribution in [3.05, 3.63) is 28.2 Å². The van der Waals surface area contributed by atoms with E-state index in [0.717, 1.165) is 17.6 Å². The van der Waals surface area contributed by atoms with E-state index in [1.807, 2.05) is 6.92 Å². The van der Waals surface area contributed by atoms with Crippen LogP contribution in [0.15, 0.2) is 22.7 Å². The average molecular weight is 313 g/mol. The molecule has 1 aromatic carbocycles. The number of nitrogens with zero attached hydrogens (tertiary/aromatic N) is 1. The zero-order valence-corrected chi connectivity index (χ0v) is 12.8. The fourth-order valence-corrected chi connectivity index (χ4v) is 2.74. The molecule has 3 atom stereocenters. The minimum absolute atomic E-state index is 0.0402. The first-order valence-electron chi connectivity index (χ1n) is 6.42. The van der Waals surface area contributed by atoms with Crippen LogP contribution >= 0.6 is 15.9 Å². The third kappa shape index (κ3) is 2.87. The summed E-state index contributed by atoms with van der Waals surface area (Å²) in [5.74, 6) is 0. The van der Waals surface area contributed by atoms with Crippen LogP contribution in [0.3, 0.4) is 0 Å². The summed E-state index contributed by atoms with van der Waals surface area (Å²) in [6, 6.07) is 6.74. The smallest absolute Gasteiger partial charge is 0.0723 e. The van der Waals surface area contributed by atoms with Gasteiger partial charge in [-0.2, -0.15) is 0 Å².